The molecule has 0 spiro atoms. The maximum absolute atomic E-state index is 8.36. The van der Waals surface area contributed by atoms with Gasteiger partial charge in [-0.15, -0.1) is 0 Å². The van der Waals surface area contributed by atoms with Crippen LogP contribution in [0.15, 0.2) is 5.16 Å². The molecule has 0 saturated heterocycles. The lowest BCUT2D eigenvalue weighted by Gasteiger charge is -2.11. The Labute approximate surface area is 84.9 Å². The van der Waals surface area contributed by atoms with Gasteiger partial charge in [-0.2, -0.15) is 0 Å². The van der Waals surface area contributed by atoms with E-state index in [1.165, 1.54) is 0 Å². The number of ether oxygens (including phenoxy) is 2. The van der Waals surface area contributed by atoms with Crippen LogP contribution in [-0.4, -0.2) is 37.0 Å². The van der Waals surface area contributed by atoms with E-state index in [9.17, 15) is 0 Å². The van der Waals surface area contributed by atoms with E-state index in [0.29, 0.717) is 19.8 Å². The van der Waals surface area contributed by atoms with E-state index in [4.69, 9.17) is 20.4 Å². The second-order valence-electron chi connectivity index (χ2n) is 3.42. The molecule has 5 nitrogen and oxygen atoms in total. The monoisotopic (exact) mass is 204 g/mol. The Morgan fingerprint density at radius 3 is 2.50 bits per heavy atom. The predicted octanol–water partition coefficient (Wildman–Crippen LogP) is 0.811. The number of oxime groups is 1. The molecule has 0 aliphatic carbocycles. The van der Waals surface area contributed by atoms with Gasteiger partial charge >= 0.3 is 0 Å². The first-order valence-corrected chi connectivity index (χ1v) is 4.74. The zero-order chi connectivity index (χ0) is 11.0. The Hall–Kier alpha value is -0.810. The number of rotatable bonds is 7. The first-order valence-electron chi connectivity index (χ1n) is 4.74. The lowest BCUT2D eigenvalue weighted by atomic mass is 10.2. The van der Waals surface area contributed by atoms with Crippen molar-refractivity contribution < 1.29 is 14.7 Å². The fraction of sp³-hybridized carbons (Fsp3) is 0.889. The van der Waals surface area contributed by atoms with Crippen LogP contribution in [0.5, 0.6) is 0 Å². The predicted molar refractivity (Wildman–Crippen MR) is 54.5 cm³/mol. The molecule has 0 aromatic rings. The molecule has 0 bridgehead atoms. The molecule has 1 atom stereocenters. The first kappa shape index (κ1) is 13.2. The van der Waals surface area contributed by atoms with E-state index in [1.54, 1.807) is 0 Å². The molecule has 0 radical (unpaired) electrons. The second kappa shape index (κ2) is 7.58. The SMILES string of the molecule is CC(C)OCCOCC(C)/C(N)=N/O. The smallest absolute Gasteiger partial charge is 0.144 e. The quantitative estimate of drug-likeness (QED) is 0.211. The molecule has 0 heterocycles. The van der Waals surface area contributed by atoms with Gasteiger partial charge in [0.1, 0.15) is 5.84 Å². The highest BCUT2D eigenvalue weighted by Crippen LogP contribution is 1.96. The van der Waals surface area contributed by atoms with Crippen molar-refractivity contribution in [3.8, 4) is 0 Å². The molecular formula is C9H20N2O3. The highest BCUT2D eigenvalue weighted by atomic mass is 16.5. The van der Waals surface area contributed by atoms with Gasteiger partial charge in [0.05, 0.1) is 25.9 Å². The minimum atomic E-state index is -0.0703. The van der Waals surface area contributed by atoms with Crippen molar-refractivity contribution in [2.45, 2.75) is 26.9 Å². The van der Waals surface area contributed by atoms with Crippen molar-refractivity contribution in [1.82, 2.24) is 0 Å². The molecule has 0 amide bonds. The van der Waals surface area contributed by atoms with Crippen LogP contribution >= 0.6 is 0 Å². The molecule has 0 fully saturated rings. The summed E-state index contributed by atoms with van der Waals surface area (Å²) in [6.45, 7) is 7.32. The summed E-state index contributed by atoms with van der Waals surface area (Å²) in [7, 11) is 0. The molecule has 0 rings (SSSR count). The molecule has 0 aliphatic heterocycles. The number of hydrogen-bond acceptors (Lipinski definition) is 4. The van der Waals surface area contributed by atoms with E-state index in [0.717, 1.165) is 0 Å². The molecule has 0 aromatic heterocycles. The highest BCUT2D eigenvalue weighted by Gasteiger charge is 2.06. The maximum Gasteiger partial charge on any atom is 0.144 e. The highest BCUT2D eigenvalue weighted by molar-refractivity contribution is 5.81. The van der Waals surface area contributed by atoms with Crippen molar-refractivity contribution in [2.24, 2.45) is 16.8 Å². The van der Waals surface area contributed by atoms with Crippen LogP contribution in [-0.2, 0) is 9.47 Å². The standard InChI is InChI=1S/C9H20N2O3/c1-7(2)14-5-4-13-6-8(3)9(10)11-12/h7-8,12H,4-6H2,1-3H3,(H2,10,11). The van der Waals surface area contributed by atoms with E-state index in [1.807, 2.05) is 20.8 Å². The van der Waals surface area contributed by atoms with Crippen LogP contribution in [0.2, 0.25) is 0 Å². The van der Waals surface area contributed by atoms with Crippen molar-refractivity contribution in [2.75, 3.05) is 19.8 Å². The molecule has 1 unspecified atom stereocenters. The van der Waals surface area contributed by atoms with Crippen LogP contribution in [0.1, 0.15) is 20.8 Å². The van der Waals surface area contributed by atoms with E-state index < -0.39 is 0 Å². The average Bonchev–Trinajstić information content (AvgIpc) is 2.15. The Morgan fingerprint density at radius 1 is 1.36 bits per heavy atom. The third-order valence-electron chi connectivity index (χ3n) is 1.67. The lowest BCUT2D eigenvalue weighted by molar-refractivity contribution is 0.0157. The summed E-state index contributed by atoms with van der Waals surface area (Å²) in [4.78, 5) is 0. The summed E-state index contributed by atoms with van der Waals surface area (Å²) in [6, 6.07) is 0. The van der Waals surface area contributed by atoms with Gasteiger partial charge in [-0.05, 0) is 13.8 Å². The molecule has 84 valence electrons. The number of amidine groups is 1. The van der Waals surface area contributed by atoms with E-state index in [2.05, 4.69) is 5.16 Å². The van der Waals surface area contributed by atoms with Gasteiger partial charge in [0.15, 0.2) is 0 Å². The van der Waals surface area contributed by atoms with Crippen molar-refractivity contribution in [3.63, 3.8) is 0 Å². The minimum absolute atomic E-state index is 0.0703. The van der Waals surface area contributed by atoms with Gasteiger partial charge in [-0.3, -0.25) is 0 Å². The largest absolute Gasteiger partial charge is 0.409 e. The first-order chi connectivity index (χ1) is 6.57. The summed E-state index contributed by atoms with van der Waals surface area (Å²) >= 11 is 0. The van der Waals surface area contributed by atoms with Gasteiger partial charge in [0, 0.05) is 5.92 Å². The summed E-state index contributed by atoms with van der Waals surface area (Å²) in [6.07, 6.45) is 0.222. The van der Waals surface area contributed by atoms with Crippen molar-refractivity contribution in [3.05, 3.63) is 0 Å². The second-order valence-corrected chi connectivity index (χ2v) is 3.42. The fourth-order valence-electron chi connectivity index (χ4n) is 0.787. The summed E-state index contributed by atoms with van der Waals surface area (Å²) in [5, 5.41) is 11.3. The third kappa shape index (κ3) is 6.68. The maximum atomic E-state index is 8.36. The normalized spacial score (nSPS) is 14.7. The van der Waals surface area contributed by atoms with E-state index >= 15 is 0 Å². The van der Waals surface area contributed by atoms with Crippen LogP contribution < -0.4 is 5.73 Å². The topological polar surface area (TPSA) is 77.1 Å². The van der Waals surface area contributed by atoms with Gasteiger partial charge in [-0.1, -0.05) is 12.1 Å². The average molecular weight is 204 g/mol. The van der Waals surface area contributed by atoms with Gasteiger partial charge in [0.25, 0.3) is 0 Å². The molecule has 3 N–H and O–H groups in total. The Balaban J connectivity index is 3.36. The Morgan fingerprint density at radius 2 is 2.00 bits per heavy atom. The molecule has 0 aliphatic rings. The third-order valence-corrected chi connectivity index (χ3v) is 1.67. The number of nitrogens with zero attached hydrogens (tertiary/aromatic N) is 1. The summed E-state index contributed by atoms with van der Waals surface area (Å²) in [5.74, 6) is 0.119. The van der Waals surface area contributed by atoms with Crippen molar-refractivity contribution in [1.29, 1.82) is 0 Å². The van der Waals surface area contributed by atoms with Crippen LogP contribution in [0, 0.1) is 5.92 Å². The minimum Gasteiger partial charge on any atom is -0.409 e. The van der Waals surface area contributed by atoms with Gasteiger partial charge in [-0.25, -0.2) is 0 Å². The van der Waals surface area contributed by atoms with Crippen molar-refractivity contribution >= 4 is 5.84 Å². The van der Waals surface area contributed by atoms with Crippen LogP contribution in [0.4, 0.5) is 0 Å². The Bertz CT molecular complexity index is 171. The zero-order valence-corrected chi connectivity index (χ0v) is 9.06. The molecule has 14 heavy (non-hydrogen) atoms. The van der Waals surface area contributed by atoms with Crippen LogP contribution in [0.25, 0.3) is 0 Å². The number of nitrogens with two attached hydrogens (primary N) is 1. The molecule has 0 aromatic carbocycles. The molecular weight excluding hydrogens is 184 g/mol. The molecule has 0 saturated carbocycles. The molecule has 5 heteroatoms. The number of hydrogen-bond donors (Lipinski definition) is 2. The fourth-order valence-corrected chi connectivity index (χ4v) is 0.787. The lowest BCUT2D eigenvalue weighted by Crippen LogP contribution is -2.26. The van der Waals surface area contributed by atoms with E-state index in [-0.39, 0.29) is 17.9 Å². The van der Waals surface area contributed by atoms with Gasteiger partial charge in [0.2, 0.25) is 0 Å². The summed E-state index contributed by atoms with van der Waals surface area (Å²) in [5.41, 5.74) is 5.37. The summed E-state index contributed by atoms with van der Waals surface area (Å²) < 4.78 is 10.5. The Kier molecular flexibility index (Phi) is 7.14. The van der Waals surface area contributed by atoms with Gasteiger partial charge < -0.3 is 20.4 Å². The zero-order valence-electron chi connectivity index (χ0n) is 9.06. The van der Waals surface area contributed by atoms with Crippen LogP contribution in [0.3, 0.4) is 0 Å².